The summed E-state index contributed by atoms with van der Waals surface area (Å²) in [6.07, 6.45) is -0.507. The highest BCUT2D eigenvalue weighted by Crippen LogP contribution is 2.30. The van der Waals surface area contributed by atoms with Crippen LogP contribution in [0.5, 0.6) is 0 Å². The third kappa shape index (κ3) is 4.13. The average Bonchev–Trinajstić information content (AvgIpc) is 2.59. The largest absolute Gasteiger partial charge is 0.480 e. The maximum Gasteiger partial charge on any atom is 0.320 e. The van der Waals surface area contributed by atoms with E-state index in [0.717, 1.165) is 5.56 Å². The first-order valence-corrected chi connectivity index (χ1v) is 9.27. The molecule has 10 nitrogen and oxygen atoms in total. The van der Waals surface area contributed by atoms with E-state index in [2.05, 4.69) is 15.3 Å². The summed E-state index contributed by atoms with van der Waals surface area (Å²) in [5, 5.41) is 23.0. The summed E-state index contributed by atoms with van der Waals surface area (Å²) in [5.74, 6) is -2.62. The molecule has 3 N–H and O–H groups in total. The predicted octanol–water partition coefficient (Wildman–Crippen LogP) is 1.24. The van der Waals surface area contributed by atoms with Crippen LogP contribution in [0, 0.1) is 6.92 Å². The molecule has 1 heterocycles. The minimum Gasteiger partial charge on any atom is -0.480 e. The molecule has 0 aliphatic carbocycles. The van der Waals surface area contributed by atoms with E-state index in [1.165, 1.54) is 6.07 Å². The van der Waals surface area contributed by atoms with Gasteiger partial charge in [0.05, 0.1) is 16.7 Å². The third-order valence-corrected chi connectivity index (χ3v) is 6.54. The van der Waals surface area contributed by atoms with E-state index in [9.17, 15) is 28.2 Å². The fourth-order valence-corrected chi connectivity index (χ4v) is 4.99. The molecule has 0 saturated carbocycles. The van der Waals surface area contributed by atoms with Gasteiger partial charge in [-0.1, -0.05) is 22.8 Å². The number of hydrogen-bond donors (Lipinski definition) is 3. The molecule has 1 aromatic rings. The summed E-state index contributed by atoms with van der Waals surface area (Å²) in [5.41, 5.74) is 9.56. The van der Waals surface area contributed by atoms with Crippen molar-refractivity contribution in [1.29, 1.82) is 0 Å². The Balaban J connectivity index is 2.46. The van der Waals surface area contributed by atoms with Crippen LogP contribution in [0.4, 0.5) is 0 Å². The van der Waals surface area contributed by atoms with Gasteiger partial charge in [0.25, 0.3) is 0 Å². The third-order valence-electron chi connectivity index (χ3n) is 4.26. The van der Waals surface area contributed by atoms with Crippen molar-refractivity contribution in [3.63, 3.8) is 0 Å². The number of carboxylic acid groups (broad SMARTS) is 2. The van der Waals surface area contributed by atoms with Crippen LogP contribution in [0.2, 0.25) is 0 Å². The number of nitrogens with one attached hydrogen (secondary N) is 1. The van der Waals surface area contributed by atoms with Crippen molar-refractivity contribution in [2.75, 3.05) is 0 Å². The fraction of sp³-hybridized carbons (Fsp3) is 0.467. The van der Waals surface area contributed by atoms with Gasteiger partial charge in [0.2, 0.25) is 0 Å². The van der Waals surface area contributed by atoms with E-state index in [-0.39, 0.29) is 24.3 Å². The van der Waals surface area contributed by atoms with Gasteiger partial charge in [-0.15, -0.1) is 0 Å². The van der Waals surface area contributed by atoms with Crippen molar-refractivity contribution < 1.29 is 28.2 Å². The van der Waals surface area contributed by atoms with Crippen molar-refractivity contribution in [2.24, 2.45) is 5.11 Å². The van der Waals surface area contributed by atoms with Crippen LogP contribution in [-0.2, 0) is 26.0 Å². The highest BCUT2D eigenvalue weighted by molar-refractivity contribution is 7.92. The number of aryl methyl sites for hydroxylation is 1. The maximum absolute atomic E-state index is 13.1. The van der Waals surface area contributed by atoms with Crippen LogP contribution in [0.1, 0.15) is 24.0 Å². The van der Waals surface area contributed by atoms with Crippen molar-refractivity contribution in [1.82, 2.24) is 5.32 Å². The second-order valence-electron chi connectivity index (χ2n) is 6.09. The Morgan fingerprint density at radius 3 is 2.35 bits per heavy atom. The molecule has 1 saturated heterocycles. The highest BCUT2D eigenvalue weighted by Gasteiger charge is 2.42. The molecule has 2 rings (SSSR count). The van der Waals surface area contributed by atoms with Gasteiger partial charge in [0, 0.05) is 4.91 Å². The molecular formula is C15H18N4O6S. The molecule has 0 bridgehead atoms. The quantitative estimate of drug-likeness (QED) is 0.377. The zero-order valence-electron chi connectivity index (χ0n) is 13.9. The summed E-state index contributed by atoms with van der Waals surface area (Å²) in [6, 6.07) is 1.97. The molecule has 1 aliphatic heterocycles. The van der Waals surface area contributed by atoms with E-state index in [1.807, 2.05) is 0 Å². The number of nitrogens with zero attached hydrogens (tertiary/aromatic N) is 3. The molecule has 2 atom stereocenters. The summed E-state index contributed by atoms with van der Waals surface area (Å²) < 4.78 is 26.1. The summed E-state index contributed by atoms with van der Waals surface area (Å²) in [7, 11) is -4.02. The van der Waals surface area contributed by atoms with Crippen LogP contribution < -0.4 is 5.32 Å². The zero-order valence-corrected chi connectivity index (χ0v) is 14.7. The molecule has 11 heteroatoms. The smallest absolute Gasteiger partial charge is 0.320 e. The summed E-state index contributed by atoms with van der Waals surface area (Å²) >= 11 is 0. The number of sulfone groups is 1. The zero-order chi connectivity index (χ0) is 19.5. The monoisotopic (exact) mass is 382 g/mol. The number of carboxylic acids is 2. The van der Waals surface area contributed by atoms with Crippen LogP contribution in [0.25, 0.3) is 10.4 Å². The number of azide groups is 1. The van der Waals surface area contributed by atoms with Gasteiger partial charge in [0.15, 0.2) is 9.84 Å². The summed E-state index contributed by atoms with van der Waals surface area (Å²) in [4.78, 5) is 25.1. The minimum absolute atomic E-state index is 0.0734. The lowest BCUT2D eigenvalue weighted by molar-refractivity contribution is -0.144. The summed E-state index contributed by atoms with van der Waals surface area (Å²) in [6.45, 7) is 1.57. The van der Waals surface area contributed by atoms with Crippen molar-refractivity contribution >= 4 is 21.8 Å². The predicted molar refractivity (Wildman–Crippen MR) is 90.2 cm³/mol. The van der Waals surface area contributed by atoms with Gasteiger partial charge >= 0.3 is 11.9 Å². The second-order valence-corrected chi connectivity index (χ2v) is 8.28. The number of hydrogen-bond acceptors (Lipinski definition) is 6. The maximum atomic E-state index is 13.1. The molecule has 2 unspecified atom stereocenters. The van der Waals surface area contributed by atoms with E-state index < -0.39 is 39.1 Å². The lowest BCUT2D eigenvalue weighted by Gasteiger charge is -2.32. The lowest BCUT2D eigenvalue weighted by Crippen LogP contribution is -2.55. The normalized spacial score (nSPS) is 23.0. The van der Waals surface area contributed by atoms with E-state index in [4.69, 9.17) is 5.53 Å². The van der Waals surface area contributed by atoms with Gasteiger partial charge in [-0.2, -0.15) is 0 Å². The van der Waals surface area contributed by atoms with Gasteiger partial charge in [-0.05, 0) is 36.9 Å². The van der Waals surface area contributed by atoms with Crippen LogP contribution in [-0.4, -0.2) is 47.9 Å². The van der Waals surface area contributed by atoms with Gasteiger partial charge < -0.3 is 10.2 Å². The van der Waals surface area contributed by atoms with Gasteiger partial charge in [-0.3, -0.25) is 14.9 Å². The van der Waals surface area contributed by atoms with Crippen LogP contribution in [0.15, 0.2) is 28.2 Å². The first kappa shape index (κ1) is 19.7. The highest BCUT2D eigenvalue weighted by atomic mass is 32.2. The lowest BCUT2D eigenvalue weighted by atomic mass is 9.98. The number of aliphatic carboxylic acids is 2. The standard InChI is InChI=1S/C15H18N4O6S/c1-8-2-3-13(9(4-8)7-17-19-16)26(24,25)10-5-11(14(20)21)18-12(6-10)15(22)23/h2-4,10-12,18H,5-7H2,1H3,(H,20,21)(H,22,23). The Morgan fingerprint density at radius 1 is 1.27 bits per heavy atom. The molecule has 26 heavy (non-hydrogen) atoms. The molecule has 1 aromatic carbocycles. The SMILES string of the molecule is Cc1ccc(S(=O)(=O)C2CC(C(=O)O)NC(C(=O)O)C2)c(CN=[N+]=[N-])c1. The van der Waals surface area contributed by atoms with Crippen LogP contribution in [0.3, 0.4) is 0 Å². The molecule has 140 valence electrons. The van der Waals surface area contributed by atoms with Crippen molar-refractivity contribution in [3.05, 3.63) is 39.8 Å². The Kier molecular flexibility index (Phi) is 5.86. The number of benzene rings is 1. The van der Waals surface area contributed by atoms with Gasteiger partial charge in [0.1, 0.15) is 12.1 Å². The minimum atomic E-state index is -4.02. The number of piperidine rings is 1. The fourth-order valence-electron chi connectivity index (χ4n) is 3.00. The molecule has 0 amide bonds. The molecular weight excluding hydrogens is 364 g/mol. The van der Waals surface area contributed by atoms with E-state index in [1.54, 1.807) is 19.1 Å². The Hall–Kier alpha value is -2.62. The van der Waals surface area contributed by atoms with E-state index >= 15 is 0 Å². The number of carbonyl (C=O) groups is 2. The first-order valence-electron chi connectivity index (χ1n) is 7.72. The first-order chi connectivity index (χ1) is 12.2. The molecule has 0 radical (unpaired) electrons. The Bertz CT molecular complexity index is 856. The van der Waals surface area contributed by atoms with E-state index in [0.29, 0.717) is 5.56 Å². The van der Waals surface area contributed by atoms with Crippen molar-refractivity contribution in [3.8, 4) is 0 Å². The molecule has 0 spiro atoms. The van der Waals surface area contributed by atoms with Gasteiger partial charge in [-0.25, -0.2) is 8.42 Å². The average molecular weight is 382 g/mol. The number of rotatable bonds is 6. The molecule has 0 aromatic heterocycles. The molecule has 1 aliphatic rings. The van der Waals surface area contributed by atoms with Crippen LogP contribution >= 0.6 is 0 Å². The second kappa shape index (κ2) is 7.73. The Labute approximate surface area is 149 Å². The topological polar surface area (TPSA) is 170 Å². The van der Waals surface area contributed by atoms with Crippen molar-refractivity contribution in [2.45, 2.75) is 48.5 Å². The Morgan fingerprint density at radius 2 is 1.85 bits per heavy atom. The molecule has 1 fully saturated rings.